The summed E-state index contributed by atoms with van der Waals surface area (Å²) in [5, 5.41) is 23.2. The monoisotopic (exact) mass is 363 g/mol. The Balaban J connectivity index is 2.14. The van der Waals surface area contributed by atoms with Crippen LogP contribution in [0.2, 0.25) is 0 Å². The largest absolute Gasteiger partial charge is 0.480 e. The van der Waals surface area contributed by atoms with E-state index in [0.717, 1.165) is 0 Å². The van der Waals surface area contributed by atoms with Crippen LogP contribution >= 0.6 is 0 Å². The molecule has 3 N–H and O–H groups in total. The van der Waals surface area contributed by atoms with Crippen molar-refractivity contribution >= 4 is 28.5 Å². The molecule has 1 heterocycles. The molecule has 1 unspecified atom stereocenters. The first-order valence-electron chi connectivity index (χ1n) is 8.02. The van der Waals surface area contributed by atoms with Gasteiger partial charge in [0.2, 0.25) is 0 Å². The number of H-pyrrole nitrogens is 1. The van der Waals surface area contributed by atoms with Crippen molar-refractivity contribution in [2.45, 2.75) is 38.8 Å². The number of hydrogen-bond acceptors (Lipinski definition) is 5. The number of carboxylic acids is 1. The molecular formula is C17H21N3O6. The third kappa shape index (κ3) is 4.79. The number of amides is 1. The molecule has 2 rings (SSSR count). The second-order valence-corrected chi connectivity index (χ2v) is 6.80. The standard InChI is InChI=1S/C17H21N3O6/c1-17(2,3)26-8-7-11(16(22)23)19-15(21)12-9-10-5-4-6-13(20(24)25)14(10)18-12/h4-6,9,11,18H,7-8H2,1-3H3,(H,19,21)(H,22,23). The van der Waals surface area contributed by atoms with Crippen LogP contribution in [0, 0.1) is 10.1 Å². The van der Waals surface area contributed by atoms with E-state index in [1.165, 1.54) is 18.2 Å². The van der Waals surface area contributed by atoms with Crippen molar-refractivity contribution < 1.29 is 24.4 Å². The molecule has 26 heavy (non-hydrogen) atoms. The number of hydrogen-bond donors (Lipinski definition) is 3. The zero-order chi connectivity index (χ0) is 19.5. The zero-order valence-electron chi connectivity index (χ0n) is 14.7. The topological polar surface area (TPSA) is 135 Å². The number of nitrogens with zero attached hydrogens (tertiary/aromatic N) is 1. The van der Waals surface area contributed by atoms with Crippen LogP contribution in [-0.2, 0) is 9.53 Å². The molecule has 9 heteroatoms. The van der Waals surface area contributed by atoms with Crippen LogP contribution in [0.25, 0.3) is 10.9 Å². The van der Waals surface area contributed by atoms with E-state index in [2.05, 4.69) is 10.3 Å². The highest BCUT2D eigenvalue weighted by Crippen LogP contribution is 2.25. The molecule has 0 aliphatic rings. The zero-order valence-corrected chi connectivity index (χ0v) is 14.7. The summed E-state index contributed by atoms with van der Waals surface area (Å²) in [6.45, 7) is 5.70. The summed E-state index contributed by atoms with van der Waals surface area (Å²) in [7, 11) is 0. The second kappa shape index (κ2) is 7.52. The van der Waals surface area contributed by atoms with Gasteiger partial charge in [-0.3, -0.25) is 14.9 Å². The van der Waals surface area contributed by atoms with Crippen molar-refractivity contribution in [2.75, 3.05) is 6.61 Å². The van der Waals surface area contributed by atoms with Gasteiger partial charge in [0.25, 0.3) is 11.6 Å². The van der Waals surface area contributed by atoms with Crippen molar-refractivity contribution in [3.63, 3.8) is 0 Å². The third-order valence-corrected chi connectivity index (χ3v) is 3.62. The molecule has 140 valence electrons. The maximum absolute atomic E-state index is 12.4. The molecule has 0 spiro atoms. The number of carbonyl (C=O) groups excluding carboxylic acids is 1. The van der Waals surface area contributed by atoms with Gasteiger partial charge in [-0.05, 0) is 26.8 Å². The molecule has 1 aromatic heterocycles. The molecule has 0 bridgehead atoms. The summed E-state index contributed by atoms with van der Waals surface area (Å²) < 4.78 is 5.49. The fourth-order valence-electron chi connectivity index (χ4n) is 2.39. The maximum atomic E-state index is 12.4. The van der Waals surface area contributed by atoms with Crippen molar-refractivity contribution in [1.82, 2.24) is 10.3 Å². The smallest absolute Gasteiger partial charge is 0.326 e. The molecule has 0 aliphatic heterocycles. The number of ether oxygens (including phenoxy) is 1. The first-order valence-corrected chi connectivity index (χ1v) is 8.02. The number of nitrogens with one attached hydrogen (secondary N) is 2. The molecule has 1 amide bonds. The summed E-state index contributed by atoms with van der Waals surface area (Å²) in [5.74, 6) is -1.84. The molecule has 2 aromatic rings. The Bertz CT molecular complexity index is 837. The number of aliphatic carboxylic acids is 1. The molecule has 0 saturated heterocycles. The lowest BCUT2D eigenvalue weighted by molar-refractivity contribution is -0.383. The predicted octanol–water partition coefficient (Wildman–Crippen LogP) is 2.46. The van der Waals surface area contributed by atoms with Gasteiger partial charge in [-0.25, -0.2) is 4.79 Å². The SMILES string of the molecule is CC(C)(C)OCCC(NC(=O)c1cc2cccc([N+](=O)[O-])c2[nH]1)C(=O)O. The summed E-state index contributed by atoms with van der Waals surface area (Å²) in [5.41, 5.74) is -0.304. The van der Waals surface area contributed by atoms with Crippen LogP contribution in [-0.4, -0.2) is 45.1 Å². The Morgan fingerprint density at radius 3 is 2.65 bits per heavy atom. The lowest BCUT2D eigenvalue weighted by atomic mass is 10.1. The number of nitro benzene ring substituents is 1. The summed E-state index contributed by atoms with van der Waals surface area (Å²) >= 11 is 0. The number of nitro groups is 1. The van der Waals surface area contributed by atoms with E-state index in [1.54, 1.807) is 6.07 Å². The Morgan fingerprint density at radius 1 is 1.38 bits per heavy atom. The van der Waals surface area contributed by atoms with E-state index in [-0.39, 0.29) is 29.9 Å². The number of rotatable bonds is 7. The van der Waals surface area contributed by atoms with Gasteiger partial charge < -0.3 is 20.1 Å². The fourth-order valence-corrected chi connectivity index (χ4v) is 2.39. The van der Waals surface area contributed by atoms with Gasteiger partial charge in [-0.1, -0.05) is 12.1 Å². The third-order valence-electron chi connectivity index (χ3n) is 3.62. The molecule has 0 fully saturated rings. The predicted molar refractivity (Wildman–Crippen MR) is 94.2 cm³/mol. The Kier molecular flexibility index (Phi) is 5.61. The van der Waals surface area contributed by atoms with Gasteiger partial charge >= 0.3 is 5.97 Å². The van der Waals surface area contributed by atoms with Crippen molar-refractivity contribution in [3.8, 4) is 0 Å². The first-order chi connectivity index (χ1) is 12.1. The quantitative estimate of drug-likeness (QED) is 0.511. The highest BCUT2D eigenvalue weighted by molar-refractivity contribution is 6.01. The average Bonchev–Trinajstić information content (AvgIpc) is 2.96. The molecule has 1 aromatic carbocycles. The Labute approximate surface area is 149 Å². The van der Waals surface area contributed by atoms with Gasteiger partial charge in [-0.2, -0.15) is 0 Å². The van der Waals surface area contributed by atoms with Gasteiger partial charge in [0.15, 0.2) is 0 Å². The van der Waals surface area contributed by atoms with E-state index in [4.69, 9.17) is 4.74 Å². The van der Waals surface area contributed by atoms with E-state index < -0.39 is 28.4 Å². The molecule has 0 radical (unpaired) electrons. The van der Waals surface area contributed by atoms with Crippen LogP contribution in [0.15, 0.2) is 24.3 Å². The number of carbonyl (C=O) groups is 2. The number of fused-ring (bicyclic) bond motifs is 1. The number of benzene rings is 1. The van der Waals surface area contributed by atoms with Gasteiger partial charge in [-0.15, -0.1) is 0 Å². The normalized spacial score (nSPS) is 12.7. The van der Waals surface area contributed by atoms with Gasteiger partial charge in [0.05, 0.1) is 10.5 Å². The fraction of sp³-hybridized carbons (Fsp3) is 0.412. The van der Waals surface area contributed by atoms with Crippen molar-refractivity contribution in [1.29, 1.82) is 0 Å². The molecular weight excluding hydrogens is 342 g/mol. The minimum absolute atomic E-state index is 0.0530. The Hall–Kier alpha value is -2.94. The second-order valence-electron chi connectivity index (χ2n) is 6.80. The highest BCUT2D eigenvalue weighted by Gasteiger charge is 2.23. The van der Waals surface area contributed by atoms with Crippen molar-refractivity contribution in [3.05, 3.63) is 40.1 Å². The van der Waals surface area contributed by atoms with Crippen LogP contribution in [0.5, 0.6) is 0 Å². The molecule has 0 aliphatic carbocycles. The lowest BCUT2D eigenvalue weighted by Gasteiger charge is -2.21. The molecule has 1 atom stereocenters. The lowest BCUT2D eigenvalue weighted by Crippen LogP contribution is -2.42. The van der Waals surface area contributed by atoms with E-state index in [0.29, 0.717) is 5.39 Å². The van der Waals surface area contributed by atoms with Crippen LogP contribution < -0.4 is 5.32 Å². The maximum Gasteiger partial charge on any atom is 0.326 e. The summed E-state index contributed by atoms with van der Waals surface area (Å²) in [6, 6.07) is 4.78. The average molecular weight is 363 g/mol. The minimum atomic E-state index is -1.18. The van der Waals surface area contributed by atoms with Crippen LogP contribution in [0.3, 0.4) is 0 Å². The van der Waals surface area contributed by atoms with E-state index in [9.17, 15) is 24.8 Å². The minimum Gasteiger partial charge on any atom is -0.480 e. The number of carboxylic acid groups (broad SMARTS) is 1. The first kappa shape index (κ1) is 19.4. The number of aromatic nitrogens is 1. The van der Waals surface area contributed by atoms with Crippen LogP contribution in [0.4, 0.5) is 5.69 Å². The van der Waals surface area contributed by atoms with Gasteiger partial charge in [0, 0.05) is 24.5 Å². The molecule has 0 saturated carbocycles. The highest BCUT2D eigenvalue weighted by atomic mass is 16.6. The summed E-state index contributed by atoms with van der Waals surface area (Å²) in [4.78, 5) is 36.9. The van der Waals surface area contributed by atoms with Gasteiger partial charge in [0.1, 0.15) is 17.3 Å². The van der Waals surface area contributed by atoms with Crippen molar-refractivity contribution in [2.24, 2.45) is 0 Å². The number of para-hydroxylation sites is 1. The van der Waals surface area contributed by atoms with E-state index >= 15 is 0 Å². The van der Waals surface area contributed by atoms with E-state index in [1.807, 2.05) is 20.8 Å². The summed E-state index contributed by atoms with van der Waals surface area (Å²) in [6.07, 6.45) is 0.0960. The number of non-ortho nitro benzene ring substituents is 1. The van der Waals surface area contributed by atoms with Crippen LogP contribution in [0.1, 0.15) is 37.7 Å². The number of aromatic amines is 1. The Morgan fingerprint density at radius 2 is 2.08 bits per heavy atom. The molecule has 9 nitrogen and oxygen atoms in total.